The normalized spacial score (nSPS) is 23.5. The molecule has 133 heavy (non-hydrogen) atoms. The molecule has 3 saturated heterocycles. The van der Waals surface area contributed by atoms with Gasteiger partial charge in [-0.15, -0.1) is 11.8 Å². The molecule has 15 amide bonds. The summed E-state index contributed by atoms with van der Waals surface area (Å²) in [5.41, 5.74) is 13.4. The van der Waals surface area contributed by atoms with Gasteiger partial charge in [-0.3, -0.25) is 81.5 Å². The summed E-state index contributed by atoms with van der Waals surface area (Å²) in [4.78, 5) is 257. The number of likely N-dealkylation sites (N-methyl/N-ethyl adjacent to an activating group) is 3. The lowest BCUT2D eigenvalue weighted by molar-refractivity contribution is -0.152. The molecular weight excluding hydrogens is 1750 g/mol. The number of halogens is 3. The highest BCUT2D eigenvalue weighted by Crippen LogP contribution is 2.28. The number of hydrogen-bond acceptors (Lipinski definition) is 22. The fourth-order valence-corrected chi connectivity index (χ4v) is 17.1. The van der Waals surface area contributed by atoms with Gasteiger partial charge in [-0.1, -0.05) is 125 Å². The molecule has 0 radical (unpaired) electrons. The second-order valence-electron chi connectivity index (χ2n) is 33.4. The predicted octanol–water partition coefficient (Wildman–Crippen LogP) is 0.815. The number of ether oxygens (including phenoxy) is 2. The van der Waals surface area contributed by atoms with Gasteiger partial charge in [-0.25, -0.2) is 13.2 Å². The van der Waals surface area contributed by atoms with Crippen LogP contribution in [0.3, 0.4) is 0 Å². The van der Waals surface area contributed by atoms with Gasteiger partial charge in [-0.2, -0.15) is 0 Å². The average molecular weight is 1870 g/mol. The van der Waals surface area contributed by atoms with Gasteiger partial charge in [0, 0.05) is 89.2 Å². The molecule has 0 unspecified atom stereocenters. The van der Waals surface area contributed by atoms with Gasteiger partial charge in [0.05, 0.1) is 12.3 Å². The molecule has 1 aromatic heterocycles. The number of nitrogens with one attached hydrogen (secondary N) is 10. The van der Waals surface area contributed by atoms with Crippen LogP contribution in [-0.4, -0.2) is 287 Å². The largest absolute Gasteiger partial charge is 0.508 e. The number of H-pyrrole nitrogens is 1. The molecule has 41 heteroatoms. The van der Waals surface area contributed by atoms with Gasteiger partial charge in [0.15, 0.2) is 17.5 Å². The standard InChI is InChI=1S/C92H116F3N17O20S/c1-7-8-28-73-91(129)112-37-20-30-72(112)86(124)104-68(47-131-51-113)84(122)107-79(53(2)3)92(130)109(5)74(42-54-21-11-9-12-22-54)87(125)105-69(48-132-52-114)89(127)111-36-19-29-71(111)85(123)103-66(44-58-45-98-63-26-16-15-25-60(58)63)83(121)102-65(40-56-31-33-59(115)34-32-56)82(120)101-64(27-17-18-35-96)81(119)106-70(80(118)99-46-76(97)116)49-133-50-77(117)100-67(41-57-38-61(93)78(95)62(94)39-57)88(126)110(6)75(90(128)108(73)4)43-55-23-13-10-14-24-55/h9-16,21-26,31-34,38-39,45,51-53,64-75,79,98,115H,7-8,17-20,27-30,35-37,40-44,46-50,96H2,1-6H3,(H2,97,116)(H,99,118)(H,100,117)(H,101,120)(H,102,121)(H,103,123)(H,104,124)(H,105,125)(H,106,119)(H,107,122)/t64-,65-,66-,67-,68-,69-,70-,71+,72+,73-,74-,75-,79-/m0/s1. The van der Waals surface area contributed by atoms with E-state index in [4.69, 9.17) is 20.9 Å². The molecule has 0 spiro atoms. The molecule has 3 fully saturated rings. The number of unbranched alkanes of at least 4 members (excludes halogenated alkanes) is 2. The maximum atomic E-state index is 15.7. The molecule has 0 bridgehead atoms. The zero-order valence-electron chi connectivity index (χ0n) is 74.8. The zero-order chi connectivity index (χ0) is 96.7. The molecule has 3 aliphatic rings. The highest BCUT2D eigenvalue weighted by atomic mass is 32.2. The van der Waals surface area contributed by atoms with Crippen molar-refractivity contribution in [1.29, 1.82) is 0 Å². The molecule has 0 aliphatic carbocycles. The lowest BCUT2D eigenvalue weighted by Gasteiger charge is -2.38. The Hall–Kier alpha value is -13.5. The number of hydrogen-bond donors (Lipinski definition) is 13. The number of para-hydroxylation sites is 1. The Morgan fingerprint density at radius 1 is 0.526 bits per heavy atom. The Bertz CT molecular complexity index is 5100. The van der Waals surface area contributed by atoms with E-state index in [1.54, 1.807) is 105 Å². The SMILES string of the molecule is CCCC[C@H]1C(=O)N2CCC[C@@H]2C(=O)N[C@@H](COC=O)C(=O)N[C@@H](C(C)C)C(=O)N(C)[C@@H](Cc2ccccc2)C(=O)N[C@@H](COC=O)C(=O)N2CCC[C@@H]2C(=O)N[C@@H](Cc2c[nH]c3ccccc23)C(=O)N[C@@H](Cc2ccc(O)cc2)C(=O)N[C@@H](CCCCN)C(=O)N[C@H](C(=O)NCC(N)=O)CSCC(=O)N[C@@H](Cc2cc(F)c(F)c(F)c2)C(=O)N(C)[C@@H](Cc2ccccc2)C(=O)N1C. The van der Waals surface area contributed by atoms with Crippen LogP contribution in [0.4, 0.5) is 13.2 Å². The summed E-state index contributed by atoms with van der Waals surface area (Å²) in [5.74, 6) is -22.1. The maximum absolute atomic E-state index is 15.7. The zero-order valence-corrected chi connectivity index (χ0v) is 75.6. The number of aromatic hydroxyl groups is 1. The van der Waals surface area contributed by atoms with Crippen molar-refractivity contribution in [3.05, 3.63) is 173 Å². The smallest absolute Gasteiger partial charge is 0.293 e. The lowest BCUT2D eigenvalue weighted by atomic mass is 9.98. The van der Waals surface area contributed by atoms with Crippen molar-refractivity contribution in [3.8, 4) is 5.75 Å². The van der Waals surface area contributed by atoms with Gasteiger partial charge in [0.1, 0.15) is 97.5 Å². The highest BCUT2D eigenvalue weighted by molar-refractivity contribution is 8.00. The number of phenols is 1. The van der Waals surface area contributed by atoms with E-state index in [1.165, 1.54) is 50.3 Å². The van der Waals surface area contributed by atoms with Crippen molar-refractivity contribution in [3.63, 3.8) is 0 Å². The summed E-state index contributed by atoms with van der Waals surface area (Å²) in [6.45, 7) is 2.41. The molecule has 37 nitrogen and oxygen atoms in total. The summed E-state index contributed by atoms with van der Waals surface area (Å²) in [6, 6.07) is 9.30. The number of benzene rings is 5. The van der Waals surface area contributed by atoms with Crippen molar-refractivity contribution in [2.24, 2.45) is 17.4 Å². The van der Waals surface area contributed by atoms with E-state index >= 15 is 56.7 Å². The Morgan fingerprint density at radius 3 is 1.63 bits per heavy atom. The second-order valence-corrected chi connectivity index (χ2v) is 34.4. The van der Waals surface area contributed by atoms with Gasteiger partial charge < -0.3 is 103 Å². The summed E-state index contributed by atoms with van der Waals surface area (Å²) in [5, 5.41) is 34.5. The van der Waals surface area contributed by atoms with Crippen molar-refractivity contribution in [2.45, 2.75) is 196 Å². The van der Waals surface area contributed by atoms with Gasteiger partial charge in [-0.05, 0) is 122 Å². The van der Waals surface area contributed by atoms with Gasteiger partial charge in [0.2, 0.25) is 88.6 Å². The monoisotopic (exact) mass is 1870 g/mol. The predicted molar refractivity (Wildman–Crippen MR) is 480 cm³/mol. The maximum Gasteiger partial charge on any atom is 0.293 e. The number of thioether (sulfide) groups is 1. The summed E-state index contributed by atoms with van der Waals surface area (Å²) in [7, 11) is 3.76. The number of carbonyl (C=O) groups is 17. The molecule has 9 rings (SSSR count). The molecule has 4 heterocycles. The minimum atomic E-state index is -1.87. The summed E-state index contributed by atoms with van der Waals surface area (Å²) in [6.07, 6.45) is 0.927. The number of carbonyl (C=O) groups excluding carboxylic acids is 17. The van der Waals surface area contributed by atoms with Crippen LogP contribution in [0.1, 0.15) is 113 Å². The van der Waals surface area contributed by atoms with Crippen LogP contribution in [0, 0.1) is 23.4 Å². The number of phenolic OH excluding ortho intramolecular Hbond substituents is 1. The number of amides is 15. The number of aromatic nitrogens is 1. The molecule has 716 valence electrons. The van der Waals surface area contributed by atoms with Crippen LogP contribution >= 0.6 is 11.8 Å². The van der Waals surface area contributed by atoms with E-state index in [0.29, 0.717) is 69.9 Å². The number of nitrogens with zero attached hydrogens (tertiary/aromatic N) is 5. The fourth-order valence-electron chi connectivity index (χ4n) is 16.2. The number of fused-ring (bicyclic) bond motifs is 3. The molecule has 0 saturated carbocycles. The molecule has 13 atom stereocenters. The number of nitrogens with two attached hydrogens (primary N) is 2. The third kappa shape index (κ3) is 28.8. The second kappa shape index (κ2) is 50.2. The average Bonchev–Trinajstić information content (AvgIpc) is 1.58. The van der Waals surface area contributed by atoms with Crippen LogP contribution in [-0.2, 0) is 123 Å². The first-order valence-electron chi connectivity index (χ1n) is 44.0. The van der Waals surface area contributed by atoms with Crippen molar-refractivity contribution < 1.29 is 109 Å². The van der Waals surface area contributed by atoms with Crippen molar-refractivity contribution in [2.75, 3.05) is 72.0 Å². The third-order valence-corrected chi connectivity index (χ3v) is 24.6. The Morgan fingerprint density at radius 2 is 1.04 bits per heavy atom. The minimum absolute atomic E-state index is 0.00291. The van der Waals surface area contributed by atoms with E-state index in [1.807, 2.05) is 6.92 Å². The first-order valence-corrected chi connectivity index (χ1v) is 45.1. The number of primary amides is 1. The van der Waals surface area contributed by atoms with Crippen molar-refractivity contribution in [1.82, 2.24) is 77.3 Å². The number of rotatable bonds is 27. The van der Waals surface area contributed by atoms with E-state index in [0.717, 1.165) is 19.6 Å². The Labute approximate surface area is 770 Å². The first-order chi connectivity index (χ1) is 63.6. The van der Waals surface area contributed by atoms with Gasteiger partial charge >= 0.3 is 0 Å². The van der Waals surface area contributed by atoms with E-state index < -0.39 is 228 Å². The first kappa shape index (κ1) is 103. The lowest BCUT2D eigenvalue weighted by Crippen LogP contribution is -2.62. The number of aromatic amines is 1. The topological polar surface area (TPSA) is 521 Å². The van der Waals surface area contributed by atoms with Crippen LogP contribution in [0.25, 0.3) is 10.9 Å². The van der Waals surface area contributed by atoms with Crippen LogP contribution in [0.2, 0.25) is 0 Å². The van der Waals surface area contributed by atoms with Crippen molar-refractivity contribution >= 4 is 124 Å². The van der Waals surface area contributed by atoms with E-state index in [9.17, 15) is 43.1 Å². The molecular formula is C92H116F3N17O20S. The Balaban J connectivity index is 1.13. The molecule has 3 aliphatic heterocycles. The highest BCUT2D eigenvalue weighted by Gasteiger charge is 2.46. The van der Waals surface area contributed by atoms with Crippen LogP contribution < -0.4 is 59.3 Å². The third-order valence-electron chi connectivity index (χ3n) is 23.5. The van der Waals surface area contributed by atoms with Crippen LogP contribution in [0.15, 0.2) is 128 Å². The fraction of sp³-hybridized carbons (Fsp3) is 0.467. The summed E-state index contributed by atoms with van der Waals surface area (Å²) < 4.78 is 55.4. The van der Waals surface area contributed by atoms with Gasteiger partial charge in [0.25, 0.3) is 12.9 Å². The Kier molecular flexibility index (Phi) is 39.0. The van der Waals surface area contributed by atoms with E-state index in [-0.39, 0.29) is 121 Å². The van der Waals surface area contributed by atoms with Crippen LogP contribution in [0.5, 0.6) is 5.75 Å². The summed E-state index contributed by atoms with van der Waals surface area (Å²) >= 11 is 0.667. The van der Waals surface area contributed by atoms with E-state index in [2.05, 4.69) is 52.8 Å². The quantitative estimate of drug-likeness (QED) is 0.0193. The molecule has 5 aromatic carbocycles. The molecule has 15 N–H and O–H groups in total. The minimum Gasteiger partial charge on any atom is -0.508 e. The molecule has 6 aromatic rings.